The van der Waals surface area contributed by atoms with E-state index < -0.39 is 0 Å². The van der Waals surface area contributed by atoms with Crippen LogP contribution in [0.2, 0.25) is 0 Å². The third kappa shape index (κ3) is 6.14. The number of amides is 1. The number of carbonyl (C=O) groups is 1. The van der Waals surface area contributed by atoms with Gasteiger partial charge in [-0.1, -0.05) is 24.3 Å². The predicted molar refractivity (Wildman–Crippen MR) is 80.2 cm³/mol. The molecule has 20 heavy (non-hydrogen) atoms. The molecule has 0 radical (unpaired) electrons. The quantitative estimate of drug-likeness (QED) is 0.654. The van der Waals surface area contributed by atoms with Crippen molar-refractivity contribution in [3.63, 3.8) is 0 Å². The molecule has 1 aromatic rings. The van der Waals surface area contributed by atoms with Crippen molar-refractivity contribution in [3.8, 4) is 0 Å². The Hall–Kier alpha value is -1.43. The number of nitrogens with two attached hydrogens (primary N) is 1. The number of benzene rings is 1. The summed E-state index contributed by atoms with van der Waals surface area (Å²) >= 11 is 0. The van der Waals surface area contributed by atoms with Crippen LogP contribution in [0, 0.1) is 0 Å². The summed E-state index contributed by atoms with van der Waals surface area (Å²) in [7, 11) is 3.59. The lowest BCUT2D eigenvalue weighted by atomic mass is 10.1. The van der Waals surface area contributed by atoms with Crippen molar-refractivity contribution >= 4 is 5.91 Å². The largest absolute Gasteiger partial charge is 0.385 e. The van der Waals surface area contributed by atoms with Gasteiger partial charge < -0.3 is 15.8 Å². The van der Waals surface area contributed by atoms with Crippen LogP contribution in [0.3, 0.4) is 0 Å². The SMILES string of the molecule is COCCCNC(=O)CN(C)Cc1ccccc1CN. The van der Waals surface area contributed by atoms with Crippen LogP contribution in [0.15, 0.2) is 24.3 Å². The van der Waals surface area contributed by atoms with E-state index in [0.717, 1.165) is 18.5 Å². The third-order valence-corrected chi connectivity index (χ3v) is 3.04. The van der Waals surface area contributed by atoms with E-state index in [0.29, 0.717) is 26.2 Å². The number of carbonyl (C=O) groups excluding carboxylic acids is 1. The molecule has 0 aromatic heterocycles. The Balaban J connectivity index is 2.35. The molecule has 0 aliphatic heterocycles. The smallest absolute Gasteiger partial charge is 0.234 e. The second kappa shape index (κ2) is 9.47. The highest BCUT2D eigenvalue weighted by Gasteiger charge is 2.08. The predicted octanol–water partition coefficient (Wildman–Crippen LogP) is 0.730. The normalized spacial score (nSPS) is 10.8. The van der Waals surface area contributed by atoms with Gasteiger partial charge in [-0.3, -0.25) is 9.69 Å². The first-order valence-corrected chi connectivity index (χ1v) is 6.88. The van der Waals surface area contributed by atoms with E-state index in [1.54, 1.807) is 7.11 Å². The van der Waals surface area contributed by atoms with Crippen molar-refractivity contribution in [2.75, 3.05) is 33.9 Å². The number of hydrogen-bond acceptors (Lipinski definition) is 4. The maximum absolute atomic E-state index is 11.7. The molecule has 0 spiro atoms. The van der Waals surface area contributed by atoms with Gasteiger partial charge in [0.2, 0.25) is 5.91 Å². The Bertz CT molecular complexity index is 410. The molecule has 0 saturated carbocycles. The van der Waals surface area contributed by atoms with Gasteiger partial charge in [-0.25, -0.2) is 0 Å². The summed E-state index contributed by atoms with van der Waals surface area (Å²) in [6.07, 6.45) is 0.835. The molecule has 0 atom stereocenters. The topological polar surface area (TPSA) is 67.6 Å². The number of nitrogens with zero attached hydrogens (tertiary/aromatic N) is 1. The third-order valence-electron chi connectivity index (χ3n) is 3.04. The van der Waals surface area contributed by atoms with Gasteiger partial charge in [0.15, 0.2) is 0 Å². The minimum Gasteiger partial charge on any atom is -0.385 e. The zero-order chi connectivity index (χ0) is 14.8. The van der Waals surface area contributed by atoms with Crippen molar-refractivity contribution < 1.29 is 9.53 Å². The van der Waals surface area contributed by atoms with Gasteiger partial charge in [0.25, 0.3) is 0 Å². The Kier molecular flexibility index (Phi) is 7.87. The average Bonchev–Trinajstić information content (AvgIpc) is 2.44. The molecule has 0 bridgehead atoms. The van der Waals surface area contributed by atoms with Crippen LogP contribution in [0.1, 0.15) is 17.5 Å². The molecule has 0 fully saturated rings. The van der Waals surface area contributed by atoms with Gasteiger partial charge in [0, 0.05) is 33.4 Å². The minimum atomic E-state index is 0.0360. The maximum Gasteiger partial charge on any atom is 0.234 e. The van der Waals surface area contributed by atoms with Gasteiger partial charge in [-0.2, -0.15) is 0 Å². The monoisotopic (exact) mass is 279 g/mol. The molecule has 1 amide bonds. The van der Waals surface area contributed by atoms with E-state index in [1.807, 2.05) is 30.1 Å². The first-order valence-electron chi connectivity index (χ1n) is 6.88. The van der Waals surface area contributed by atoms with Crippen LogP contribution in [-0.4, -0.2) is 44.7 Å². The van der Waals surface area contributed by atoms with E-state index in [9.17, 15) is 4.79 Å². The summed E-state index contributed by atoms with van der Waals surface area (Å²) in [5.74, 6) is 0.0360. The summed E-state index contributed by atoms with van der Waals surface area (Å²) in [4.78, 5) is 13.7. The average molecular weight is 279 g/mol. The second-order valence-corrected chi connectivity index (χ2v) is 4.84. The van der Waals surface area contributed by atoms with Crippen LogP contribution in [0.25, 0.3) is 0 Å². The molecule has 0 aliphatic rings. The Morgan fingerprint density at radius 3 is 2.70 bits per heavy atom. The molecule has 112 valence electrons. The maximum atomic E-state index is 11.7. The zero-order valence-corrected chi connectivity index (χ0v) is 12.4. The molecule has 5 nitrogen and oxygen atoms in total. The molecular formula is C15H25N3O2. The lowest BCUT2D eigenvalue weighted by Crippen LogP contribution is -2.35. The van der Waals surface area contributed by atoms with Crippen molar-refractivity contribution in [2.24, 2.45) is 5.73 Å². The number of likely N-dealkylation sites (N-methyl/N-ethyl adjacent to an activating group) is 1. The van der Waals surface area contributed by atoms with Crippen molar-refractivity contribution in [3.05, 3.63) is 35.4 Å². The van der Waals surface area contributed by atoms with E-state index in [-0.39, 0.29) is 5.91 Å². The fourth-order valence-corrected chi connectivity index (χ4v) is 2.00. The van der Waals surface area contributed by atoms with Crippen LogP contribution in [-0.2, 0) is 22.6 Å². The molecular weight excluding hydrogens is 254 g/mol. The Labute approximate surface area is 121 Å². The van der Waals surface area contributed by atoms with E-state index in [1.165, 1.54) is 5.56 Å². The Morgan fingerprint density at radius 2 is 2.05 bits per heavy atom. The van der Waals surface area contributed by atoms with Gasteiger partial charge in [0.1, 0.15) is 0 Å². The van der Waals surface area contributed by atoms with Gasteiger partial charge in [-0.15, -0.1) is 0 Å². The molecule has 0 saturated heterocycles. The molecule has 1 aromatic carbocycles. The van der Waals surface area contributed by atoms with Gasteiger partial charge >= 0.3 is 0 Å². The zero-order valence-electron chi connectivity index (χ0n) is 12.4. The van der Waals surface area contributed by atoms with Crippen molar-refractivity contribution in [1.29, 1.82) is 0 Å². The molecule has 0 unspecified atom stereocenters. The first kappa shape index (κ1) is 16.6. The fraction of sp³-hybridized carbons (Fsp3) is 0.533. The molecule has 0 aliphatic carbocycles. The summed E-state index contributed by atoms with van der Waals surface area (Å²) < 4.78 is 4.94. The number of methoxy groups -OCH3 is 1. The van der Waals surface area contributed by atoms with Crippen molar-refractivity contribution in [1.82, 2.24) is 10.2 Å². The minimum absolute atomic E-state index is 0.0360. The molecule has 1 rings (SSSR count). The molecule has 5 heteroatoms. The highest BCUT2D eigenvalue weighted by molar-refractivity contribution is 5.77. The lowest BCUT2D eigenvalue weighted by molar-refractivity contribution is -0.122. The van der Waals surface area contributed by atoms with Crippen molar-refractivity contribution in [2.45, 2.75) is 19.5 Å². The number of nitrogens with one attached hydrogen (secondary N) is 1. The van der Waals surface area contributed by atoms with Crippen LogP contribution in [0.4, 0.5) is 0 Å². The van der Waals surface area contributed by atoms with E-state index in [4.69, 9.17) is 10.5 Å². The highest BCUT2D eigenvalue weighted by Crippen LogP contribution is 2.09. The highest BCUT2D eigenvalue weighted by atomic mass is 16.5. The standard InChI is InChI=1S/C15H25N3O2/c1-18(12-15(19)17-8-5-9-20-2)11-14-7-4-3-6-13(14)10-16/h3-4,6-7H,5,8-12,16H2,1-2H3,(H,17,19). The van der Waals surface area contributed by atoms with Gasteiger partial charge in [-0.05, 0) is 24.6 Å². The van der Waals surface area contributed by atoms with Crippen LogP contribution in [0.5, 0.6) is 0 Å². The van der Waals surface area contributed by atoms with E-state index >= 15 is 0 Å². The summed E-state index contributed by atoms with van der Waals surface area (Å²) in [6.45, 7) is 2.94. The molecule has 0 heterocycles. The second-order valence-electron chi connectivity index (χ2n) is 4.84. The summed E-state index contributed by atoms with van der Waals surface area (Å²) in [5, 5.41) is 2.88. The molecule has 3 N–H and O–H groups in total. The summed E-state index contributed by atoms with van der Waals surface area (Å²) in [6, 6.07) is 8.05. The van der Waals surface area contributed by atoms with Gasteiger partial charge in [0.05, 0.1) is 6.54 Å². The number of hydrogen-bond donors (Lipinski definition) is 2. The Morgan fingerprint density at radius 1 is 1.35 bits per heavy atom. The van der Waals surface area contributed by atoms with E-state index in [2.05, 4.69) is 11.4 Å². The fourth-order valence-electron chi connectivity index (χ4n) is 2.00. The lowest BCUT2D eigenvalue weighted by Gasteiger charge is -2.18. The first-order chi connectivity index (χ1) is 9.67. The summed E-state index contributed by atoms with van der Waals surface area (Å²) in [5.41, 5.74) is 8.01. The van der Waals surface area contributed by atoms with Crippen LogP contribution >= 0.6 is 0 Å². The van der Waals surface area contributed by atoms with Crippen LogP contribution < -0.4 is 11.1 Å². The number of rotatable bonds is 9. The number of ether oxygens (including phenoxy) is 1.